The van der Waals surface area contributed by atoms with Crippen LogP contribution in [0.2, 0.25) is 0 Å². The molecule has 0 saturated carbocycles. The molecule has 252 valence electrons. The predicted octanol–water partition coefficient (Wildman–Crippen LogP) is 5.12. The molecule has 1 amide bonds. The van der Waals surface area contributed by atoms with Gasteiger partial charge in [0.1, 0.15) is 11.4 Å². The Labute approximate surface area is 276 Å². The van der Waals surface area contributed by atoms with Gasteiger partial charge in [0.05, 0.1) is 31.4 Å². The van der Waals surface area contributed by atoms with E-state index in [1.807, 2.05) is 62.4 Å². The van der Waals surface area contributed by atoms with Gasteiger partial charge in [0.2, 0.25) is 15.9 Å². The summed E-state index contributed by atoms with van der Waals surface area (Å²) >= 11 is 0. The SMILES string of the molecule is CC1(C)OCC(O)(CCc2ccc(C3C(CCC(=O)c4ccc(F)cc4)C(=O)N3c3ccc(CCCNS(C)(=O)=O)cc3)cc2)CO1. The molecule has 11 heteroatoms. The Hall–Kier alpha value is -3.48. The molecule has 0 spiro atoms. The van der Waals surface area contributed by atoms with E-state index in [9.17, 15) is 27.5 Å². The van der Waals surface area contributed by atoms with Gasteiger partial charge in [-0.25, -0.2) is 17.5 Å². The molecule has 2 aliphatic heterocycles. The van der Waals surface area contributed by atoms with E-state index in [2.05, 4.69) is 4.72 Å². The van der Waals surface area contributed by atoms with Crippen LogP contribution in [0.15, 0.2) is 72.8 Å². The second-order valence-corrected chi connectivity index (χ2v) is 14.9. The number of anilines is 1. The second-order valence-electron chi connectivity index (χ2n) is 13.1. The maximum atomic E-state index is 13.6. The number of ether oxygens (including phenoxy) is 2. The van der Waals surface area contributed by atoms with Crippen molar-refractivity contribution in [2.75, 3.05) is 30.9 Å². The molecule has 0 bridgehead atoms. The Balaban J connectivity index is 1.28. The minimum absolute atomic E-state index is 0.0708. The maximum absolute atomic E-state index is 13.6. The van der Waals surface area contributed by atoms with Gasteiger partial charge in [-0.3, -0.25) is 9.59 Å². The van der Waals surface area contributed by atoms with Gasteiger partial charge in [-0.15, -0.1) is 0 Å². The summed E-state index contributed by atoms with van der Waals surface area (Å²) in [5.74, 6) is -1.74. The van der Waals surface area contributed by atoms with E-state index in [-0.39, 0.29) is 37.4 Å². The van der Waals surface area contributed by atoms with Crippen LogP contribution in [-0.4, -0.2) is 62.6 Å². The molecule has 2 aliphatic rings. The number of benzene rings is 3. The van der Waals surface area contributed by atoms with Crippen molar-refractivity contribution >= 4 is 27.4 Å². The lowest BCUT2D eigenvalue weighted by atomic mass is 9.78. The minimum Gasteiger partial charge on any atom is -0.385 e. The van der Waals surface area contributed by atoms with Crippen molar-refractivity contribution in [2.24, 2.45) is 5.92 Å². The fourth-order valence-corrected chi connectivity index (χ4v) is 6.56. The number of rotatable bonds is 14. The van der Waals surface area contributed by atoms with Crippen LogP contribution in [0.1, 0.15) is 72.6 Å². The third kappa shape index (κ3) is 9.11. The number of ketones is 1. The van der Waals surface area contributed by atoms with E-state index in [1.165, 1.54) is 24.3 Å². The average molecular weight is 667 g/mol. The summed E-state index contributed by atoms with van der Waals surface area (Å²) in [6, 6.07) is 20.8. The lowest BCUT2D eigenvalue weighted by Crippen LogP contribution is -2.55. The van der Waals surface area contributed by atoms with Crippen LogP contribution in [0.5, 0.6) is 0 Å². The summed E-state index contributed by atoms with van der Waals surface area (Å²) in [4.78, 5) is 28.3. The Morgan fingerprint density at radius 3 is 2.17 bits per heavy atom. The number of hydrogen-bond acceptors (Lipinski definition) is 7. The highest BCUT2D eigenvalue weighted by molar-refractivity contribution is 7.88. The molecule has 2 atom stereocenters. The van der Waals surface area contributed by atoms with Crippen molar-refractivity contribution in [1.29, 1.82) is 0 Å². The van der Waals surface area contributed by atoms with Crippen LogP contribution in [0.4, 0.5) is 10.1 Å². The third-order valence-electron chi connectivity index (χ3n) is 8.86. The molecule has 47 heavy (non-hydrogen) atoms. The van der Waals surface area contributed by atoms with E-state index >= 15 is 0 Å². The smallest absolute Gasteiger partial charge is 0.233 e. The zero-order valence-corrected chi connectivity index (χ0v) is 27.9. The maximum Gasteiger partial charge on any atom is 0.233 e. The van der Waals surface area contributed by atoms with Crippen molar-refractivity contribution in [3.05, 3.63) is 101 Å². The Morgan fingerprint density at radius 2 is 1.55 bits per heavy atom. The van der Waals surface area contributed by atoms with Gasteiger partial charge in [0, 0.05) is 24.2 Å². The van der Waals surface area contributed by atoms with Gasteiger partial charge < -0.3 is 19.5 Å². The number of hydrogen-bond donors (Lipinski definition) is 2. The number of β-lactam (4-membered cyclic amide) rings is 1. The molecule has 2 saturated heterocycles. The van der Waals surface area contributed by atoms with Crippen LogP contribution in [0.25, 0.3) is 0 Å². The molecule has 2 heterocycles. The van der Waals surface area contributed by atoms with E-state index in [0.29, 0.717) is 44.2 Å². The van der Waals surface area contributed by atoms with E-state index < -0.39 is 33.1 Å². The first-order chi connectivity index (χ1) is 22.2. The molecule has 0 aliphatic carbocycles. The predicted molar refractivity (Wildman–Crippen MR) is 177 cm³/mol. The standard InChI is InChI=1S/C36H43FN2O7S/c1-35(2)45-23-36(42,24-46-35)21-20-26-6-10-28(11-7-26)33-31(18-19-32(40)27-12-14-29(37)15-13-27)34(41)39(33)30-16-8-25(9-17-30)5-4-22-38-47(3,43)44/h6-17,31,33,38,42H,4-5,18-24H2,1-3H3. The molecular weight excluding hydrogens is 623 g/mol. The number of sulfonamides is 1. The largest absolute Gasteiger partial charge is 0.385 e. The van der Waals surface area contributed by atoms with Crippen LogP contribution in [-0.2, 0) is 37.1 Å². The number of aliphatic hydroxyl groups is 1. The first kappa shape index (κ1) is 34.8. The molecule has 9 nitrogen and oxygen atoms in total. The zero-order valence-electron chi connectivity index (χ0n) is 27.1. The average Bonchev–Trinajstić information content (AvgIpc) is 3.03. The minimum atomic E-state index is -3.23. The molecule has 3 aromatic carbocycles. The van der Waals surface area contributed by atoms with Crippen molar-refractivity contribution in [2.45, 2.75) is 69.8 Å². The highest BCUT2D eigenvalue weighted by Crippen LogP contribution is 2.46. The van der Waals surface area contributed by atoms with Gasteiger partial charge in [0.25, 0.3) is 0 Å². The normalized spacial score (nSPS) is 20.5. The highest BCUT2D eigenvalue weighted by atomic mass is 32.2. The second kappa shape index (κ2) is 14.3. The van der Waals surface area contributed by atoms with Gasteiger partial charge in [0.15, 0.2) is 11.6 Å². The number of nitrogens with one attached hydrogen (secondary N) is 1. The summed E-state index contributed by atoms with van der Waals surface area (Å²) in [6.07, 6.45) is 4.06. The monoisotopic (exact) mass is 666 g/mol. The van der Waals surface area contributed by atoms with Gasteiger partial charge in [-0.2, -0.15) is 0 Å². The third-order valence-corrected chi connectivity index (χ3v) is 9.59. The first-order valence-electron chi connectivity index (χ1n) is 16.0. The van der Waals surface area contributed by atoms with Gasteiger partial charge >= 0.3 is 0 Å². The molecule has 0 radical (unpaired) electrons. The van der Waals surface area contributed by atoms with E-state index in [4.69, 9.17) is 9.47 Å². The van der Waals surface area contributed by atoms with Crippen LogP contribution in [0.3, 0.4) is 0 Å². The number of aryl methyl sites for hydroxylation is 2. The fourth-order valence-electron chi connectivity index (χ4n) is 6.04. The van der Waals surface area contributed by atoms with Crippen LogP contribution in [0, 0.1) is 11.7 Å². The van der Waals surface area contributed by atoms with Gasteiger partial charge in [-0.1, -0.05) is 36.4 Å². The zero-order chi connectivity index (χ0) is 33.8. The van der Waals surface area contributed by atoms with Gasteiger partial charge in [-0.05, 0) is 99.0 Å². The molecule has 2 unspecified atom stereocenters. The number of nitrogens with zero attached hydrogens (tertiary/aromatic N) is 1. The number of carbonyl (C=O) groups excluding carboxylic acids is 2. The topological polar surface area (TPSA) is 122 Å². The molecule has 3 aromatic rings. The molecular formula is C36H43FN2O7S. The number of Topliss-reactive ketones (excluding diaryl/α,β-unsaturated/α-hetero) is 1. The number of amides is 1. The van der Waals surface area contributed by atoms with Crippen molar-refractivity contribution in [3.8, 4) is 0 Å². The lowest BCUT2D eigenvalue weighted by Gasteiger charge is -2.47. The highest BCUT2D eigenvalue weighted by Gasteiger charge is 2.48. The Morgan fingerprint density at radius 1 is 0.957 bits per heavy atom. The fraction of sp³-hybridized carbons (Fsp3) is 0.444. The van der Waals surface area contributed by atoms with Crippen LogP contribution >= 0.6 is 0 Å². The Bertz CT molecular complexity index is 1650. The molecule has 5 rings (SSSR count). The van der Waals surface area contributed by atoms with Crippen LogP contribution < -0.4 is 9.62 Å². The molecule has 2 fully saturated rings. The summed E-state index contributed by atoms with van der Waals surface area (Å²) in [5.41, 5.74) is 3.08. The van der Waals surface area contributed by atoms with Crippen molar-refractivity contribution in [3.63, 3.8) is 0 Å². The number of carbonyl (C=O) groups is 2. The van der Waals surface area contributed by atoms with Crippen molar-refractivity contribution < 1.29 is 37.0 Å². The molecule has 2 N–H and O–H groups in total. The quantitative estimate of drug-likeness (QED) is 0.139. The summed E-state index contributed by atoms with van der Waals surface area (Å²) in [6.45, 7) is 4.39. The summed E-state index contributed by atoms with van der Waals surface area (Å²) < 4.78 is 49.8. The lowest BCUT2D eigenvalue weighted by molar-refractivity contribution is -0.302. The van der Waals surface area contributed by atoms with Crippen molar-refractivity contribution in [1.82, 2.24) is 4.72 Å². The number of halogens is 1. The van der Waals surface area contributed by atoms with E-state index in [0.717, 1.165) is 28.6 Å². The summed E-state index contributed by atoms with van der Waals surface area (Å²) in [7, 11) is -3.23. The van der Waals surface area contributed by atoms with E-state index in [1.54, 1.807) is 4.90 Å². The first-order valence-corrected chi connectivity index (χ1v) is 17.9. The summed E-state index contributed by atoms with van der Waals surface area (Å²) in [5, 5.41) is 10.9. The Kier molecular flexibility index (Phi) is 10.6. The molecule has 0 aromatic heterocycles.